The Balaban J connectivity index is 1.39. The predicted molar refractivity (Wildman–Crippen MR) is 105 cm³/mol. The van der Waals surface area contributed by atoms with Crippen LogP contribution in [0.25, 0.3) is 5.65 Å². The van der Waals surface area contributed by atoms with Crippen LogP contribution in [-0.2, 0) is 13.3 Å². The van der Waals surface area contributed by atoms with Gasteiger partial charge in [0.2, 0.25) is 0 Å². The molecule has 0 aliphatic heterocycles. The molecular weight excluding hydrogens is 378 g/mol. The number of hydrogen-bond donors (Lipinski definition) is 0. The molecule has 1 aromatic carbocycles. The van der Waals surface area contributed by atoms with E-state index in [0.29, 0.717) is 23.0 Å². The molecule has 4 rings (SSSR count). The Kier molecular flexibility index (Phi) is 4.99. The first-order chi connectivity index (χ1) is 13.6. The molecule has 7 nitrogen and oxygen atoms in total. The number of rotatable bonds is 6. The Bertz CT molecular complexity index is 1090. The number of para-hydroxylation sites is 1. The minimum absolute atomic E-state index is 0.160. The highest BCUT2D eigenvalue weighted by Gasteiger charge is 2.16. The third-order valence-corrected chi connectivity index (χ3v) is 4.52. The number of amides is 1. The minimum atomic E-state index is -0.187. The lowest BCUT2D eigenvalue weighted by Crippen LogP contribution is -2.27. The SMILES string of the molecule is CN(Cc1cn2ccccc2n1)C(=O)c1ccn(COc2ccccc2Cl)n1. The molecule has 0 aliphatic rings. The van der Waals surface area contributed by atoms with Gasteiger partial charge in [0, 0.05) is 25.6 Å². The number of aromatic nitrogens is 4. The van der Waals surface area contributed by atoms with Crippen LogP contribution in [-0.4, -0.2) is 37.0 Å². The molecule has 0 N–H and O–H groups in total. The molecular formula is C20H18ClN5O2. The fraction of sp³-hybridized carbons (Fsp3) is 0.150. The van der Waals surface area contributed by atoms with E-state index in [2.05, 4.69) is 10.1 Å². The standard InChI is InChI=1S/C20H18ClN5O2/c1-24(12-15-13-25-10-5-4-8-19(25)22-15)20(27)17-9-11-26(23-17)14-28-18-7-3-2-6-16(18)21/h2-11,13H,12,14H2,1H3. The lowest BCUT2D eigenvalue weighted by atomic mass is 10.3. The van der Waals surface area contributed by atoms with Crippen LogP contribution < -0.4 is 4.74 Å². The monoisotopic (exact) mass is 395 g/mol. The van der Waals surface area contributed by atoms with E-state index in [1.54, 1.807) is 41.0 Å². The highest BCUT2D eigenvalue weighted by molar-refractivity contribution is 6.32. The summed E-state index contributed by atoms with van der Waals surface area (Å²) in [7, 11) is 1.73. The van der Waals surface area contributed by atoms with Gasteiger partial charge in [-0.1, -0.05) is 29.8 Å². The van der Waals surface area contributed by atoms with Crippen molar-refractivity contribution in [1.82, 2.24) is 24.1 Å². The summed E-state index contributed by atoms with van der Waals surface area (Å²) >= 11 is 6.07. The highest BCUT2D eigenvalue weighted by atomic mass is 35.5. The molecule has 0 fully saturated rings. The normalized spacial score (nSPS) is 10.9. The van der Waals surface area contributed by atoms with Gasteiger partial charge >= 0.3 is 0 Å². The van der Waals surface area contributed by atoms with Crippen molar-refractivity contribution in [3.05, 3.63) is 83.5 Å². The van der Waals surface area contributed by atoms with Crippen molar-refractivity contribution in [2.24, 2.45) is 0 Å². The van der Waals surface area contributed by atoms with Crippen LogP contribution in [0.4, 0.5) is 0 Å². The molecule has 3 heterocycles. The van der Waals surface area contributed by atoms with Gasteiger partial charge in [0.1, 0.15) is 11.4 Å². The highest BCUT2D eigenvalue weighted by Crippen LogP contribution is 2.23. The van der Waals surface area contributed by atoms with Crippen LogP contribution in [0.3, 0.4) is 0 Å². The summed E-state index contributed by atoms with van der Waals surface area (Å²) in [5.41, 5.74) is 2.00. The van der Waals surface area contributed by atoms with Crippen molar-refractivity contribution < 1.29 is 9.53 Å². The maximum Gasteiger partial charge on any atom is 0.274 e. The van der Waals surface area contributed by atoms with Crippen molar-refractivity contribution in [2.75, 3.05) is 7.05 Å². The number of hydrogen-bond acceptors (Lipinski definition) is 4. The summed E-state index contributed by atoms with van der Waals surface area (Å²) in [5, 5.41) is 4.82. The third-order valence-electron chi connectivity index (χ3n) is 4.21. The van der Waals surface area contributed by atoms with Crippen molar-refractivity contribution in [3.63, 3.8) is 0 Å². The van der Waals surface area contributed by atoms with Crippen LogP contribution in [0.1, 0.15) is 16.2 Å². The third kappa shape index (κ3) is 3.84. The first-order valence-corrected chi connectivity index (χ1v) is 9.07. The Labute approximate surface area is 166 Å². The van der Waals surface area contributed by atoms with Crippen molar-refractivity contribution in [3.8, 4) is 5.75 Å². The fourth-order valence-electron chi connectivity index (χ4n) is 2.82. The van der Waals surface area contributed by atoms with E-state index in [9.17, 15) is 4.79 Å². The van der Waals surface area contributed by atoms with Crippen LogP contribution >= 0.6 is 11.6 Å². The smallest absolute Gasteiger partial charge is 0.274 e. The Morgan fingerprint density at radius 1 is 1.14 bits per heavy atom. The van der Waals surface area contributed by atoms with Crippen molar-refractivity contribution in [2.45, 2.75) is 13.3 Å². The van der Waals surface area contributed by atoms with E-state index in [4.69, 9.17) is 16.3 Å². The Hall–Kier alpha value is -3.32. The van der Waals surface area contributed by atoms with Crippen LogP contribution in [0.2, 0.25) is 5.02 Å². The molecule has 8 heteroatoms. The predicted octanol–water partition coefficient (Wildman–Crippen LogP) is 3.49. The molecule has 142 valence electrons. The summed E-state index contributed by atoms with van der Waals surface area (Å²) in [6.45, 7) is 0.552. The van der Waals surface area contributed by atoms with Crippen LogP contribution in [0.15, 0.2) is 67.1 Å². The number of nitrogens with zero attached hydrogens (tertiary/aromatic N) is 5. The number of fused-ring (bicyclic) bond motifs is 1. The van der Waals surface area contributed by atoms with Crippen LogP contribution in [0.5, 0.6) is 5.75 Å². The lowest BCUT2D eigenvalue weighted by molar-refractivity contribution is 0.0775. The van der Waals surface area contributed by atoms with Gasteiger partial charge in [-0.15, -0.1) is 0 Å². The number of carbonyl (C=O) groups is 1. The fourth-order valence-corrected chi connectivity index (χ4v) is 3.01. The van der Waals surface area contributed by atoms with E-state index in [-0.39, 0.29) is 12.6 Å². The summed E-state index contributed by atoms with van der Waals surface area (Å²) in [4.78, 5) is 18.8. The van der Waals surface area contributed by atoms with Gasteiger partial charge in [0.25, 0.3) is 5.91 Å². The van der Waals surface area contributed by atoms with Crippen molar-refractivity contribution in [1.29, 1.82) is 0 Å². The van der Waals surface area contributed by atoms with Gasteiger partial charge in [-0.05, 0) is 30.3 Å². The van der Waals surface area contributed by atoms with E-state index in [1.165, 1.54) is 0 Å². The minimum Gasteiger partial charge on any atom is -0.470 e. The molecule has 0 spiro atoms. The first kappa shape index (κ1) is 18.1. The summed E-state index contributed by atoms with van der Waals surface area (Å²) < 4.78 is 9.11. The number of imidazole rings is 1. The zero-order valence-corrected chi connectivity index (χ0v) is 16.0. The quantitative estimate of drug-likeness (QED) is 0.501. The number of ether oxygens (including phenoxy) is 1. The molecule has 0 atom stereocenters. The molecule has 1 amide bonds. The summed E-state index contributed by atoms with van der Waals surface area (Å²) in [5.74, 6) is 0.380. The molecule has 28 heavy (non-hydrogen) atoms. The second-order valence-corrected chi connectivity index (χ2v) is 6.71. The second kappa shape index (κ2) is 7.74. The number of halogens is 1. The topological polar surface area (TPSA) is 64.7 Å². The zero-order valence-electron chi connectivity index (χ0n) is 15.2. The molecule has 0 radical (unpaired) electrons. The molecule has 4 aromatic rings. The first-order valence-electron chi connectivity index (χ1n) is 8.69. The molecule has 0 saturated carbocycles. The molecule has 0 aliphatic carbocycles. The van der Waals surface area contributed by atoms with Gasteiger partial charge in [-0.25, -0.2) is 9.67 Å². The summed E-state index contributed by atoms with van der Waals surface area (Å²) in [6, 6.07) is 14.7. The van der Waals surface area contributed by atoms with Gasteiger partial charge in [-0.2, -0.15) is 5.10 Å². The maximum absolute atomic E-state index is 12.7. The number of benzene rings is 1. The van der Waals surface area contributed by atoms with E-state index >= 15 is 0 Å². The average molecular weight is 396 g/mol. The maximum atomic E-state index is 12.7. The number of pyridine rings is 1. The lowest BCUT2D eigenvalue weighted by Gasteiger charge is -2.14. The van der Waals surface area contributed by atoms with E-state index in [1.807, 2.05) is 47.1 Å². The van der Waals surface area contributed by atoms with Crippen molar-refractivity contribution >= 4 is 23.2 Å². The molecule has 3 aromatic heterocycles. The van der Waals surface area contributed by atoms with Gasteiger partial charge < -0.3 is 14.0 Å². The van der Waals surface area contributed by atoms with Gasteiger partial charge in [0.15, 0.2) is 12.4 Å². The van der Waals surface area contributed by atoms with E-state index < -0.39 is 0 Å². The molecule has 0 unspecified atom stereocenters. The molecule has 0 bridgehead atoms. The zero-order chi connectivity index (χ0) is 19.5. The summed E-state index contributed by atoms with van der Waals surface area (Å²) in [6.07, 6.45) is 5.53. The van der Waals surface area contributed by atoms with Gasteiger partial charge in [-0.3, -0.25) is 4.79 Å². The molecule has 0 saturated heterocycles. The second-order valence-electron chi connectivity index (χ2n) is 6.30. The average Bonchev–Trinajstić information content (AvgIpc) is 3.33. The Morgan fingerprint density at radius 3 is 2.79 bits per heavy atom. The Morgan fingerprint density at radius 2 is 1.96 bits per heavy atom. The number of carbonyl (C=O) groups excluding carboxylic acids is 1. The van der Waals surface area contributed by atoms with Crippen LogP contribution in [0, 0.1) is 0 Å². The van der Waals surface area contributed by atoms with Gasteiger partial charge in [0.05, 0.1) is 17.3 Å². The van der Waals surface area contributed by atoms with E-state index in [0.717, 1.165) is 11.3 Å². The largest absolute Gasteiger partial charge is 0.470 e.